The molecule has 0 unspecified atom stereocenters. The smallest absolute Gasteiger partial charge is 0.270 e. The van der Waals surface area contributed by atoms with Crippen molar-refractivity contribution >= 4 is 39.8 Å². The molecule has 7 nitrogen and oxygen atoms in total. The largest absolute Gasteiger partial charge is 0.320 e. The van der Waals surface area contributed by atoms with Gasteiger partial charge in [-0.15, -0.1) is 0 Å². The molecule has 3 aromatic rings. The predicted molar refractivity (Wildman–Crippen MR) is 158 cm³/mol. The molecule has 9 heteroatoms. The van der Waals surface area contributed by atoms with E-state index >= 15 is 0 Å². The van der Waals surface area contributed by atoms with Crippen molar-refractivity contribution in [3.8, 4) is 5.69 Å². The third kappa shape index (κ3) is 5.22. The topological polar surface area (TPSA) is 66.9 Å². The SMILES string of the molecule is CCN1CCN([P@@](=Nc2ccc([N+](=O)[O-])cc2Br)(c2c(C)cn(-c3ccccc3)c2C)C(C)(C)C)CC1. The molecule has 198 valence electrons. The zero-order chi connectivity index (χ0) is 27.0. The number of nitrogens with zero attached hydrogens (tertiary/aromatic N) is 5. The van der Waals surface area contributed by atoms with E-state index in [1.165, 1.54) is 16.6 Å². The van der Waals surface area contributed by atoms with Crippen LogP contribution >= 0.6 is 23.1 Å². The summed E-state index contributed by atoms with van der Waals surface area (Å²) in [6.07, 6.45) is 2.24. The Kier molecular flexibility index (Phi) is 8.15. The van der Waals surface area contributed by atoms with Crippen LogP contribution in [0.5, 0.6) is 0 Å². The van der Waals surface area contributed by atoms with E-state index in [0.717, 1.165) is 44.1 Å². The number of rotatable bonds is 6. The molecular formula is C28H37BrN5O2P. The third-order valence-electron chi connectivity index (χ3n) is 7.28. The highest BCUT2D eigenvalue weighted by Gasteiger charge is 2.45. The number of piperazine rings is 1. The van der Waals surface area contributed by atoms with Gasteiger partial charge in [0.05, 0.1) is 17.8 Å². The quantitative estimate of drug-likeness (QED) is 0.173. The van der Waals surface area contributed by atoms with Crippen LogP contribution in [0.1, 0.15) is 39.0 Å². The van der Waals surface area contributed by atoms with E-state index in [4.69, 9.17) is 4.74 Å². The monoisotopic (exact) mass is 585 g/mol. The molecule has 0 aliphatic carbocycles. The number of benzene rings is 2. The van der Waals surface area contributed by atoms with Crippen LogP contribution in [0.25, 0.3) is 5.69 Å². The lowest BCUT2D eigenvalue weighted by atomic mass is 10.2. The minimum atomic E-state index is -2.40. The van der Waals surface area contributed by atoms with E-state index in [1.54, 1.807) is 18.2 Å². The van der Waals surface area contributed by atoms with Crippen molar-refractivity contribution in [2.75, 3.05) is 32.7 Å². The van der Waals surface area contributed by atoms with Crippen LogP contribution in [0.2, 0.25) is 0 Å². The molecule has 1 aliphatic heterocycles. The lowest BCUT2D eigenvalue weighted by Crippen LogP contribution is -2.49. The van der Waals surface area contributed by atoms with Crippen molar-refractivity contribution in [1.29, 1.82) is 0 Å². The first-order chi connectivity index (χ1) is 17.5. The number of hydrogen-bond donors (Lipinski definition) is 0. The van der Waals surface area contributed by atoms with E-state index in [9.17, 15) is 10.1 Å². The van der Waals surface area contributed by atoms with Crippen molar-refractivity contribution in [1.82, 2.24) is 14.1 Å². The molecule has 2 aromatic carbocycles. The predicted octanol–water partition coefficient (Wildman–Crippen LogP) is 7.27. The molecule has 4 rings (SSSR count). The lowest BCUT2D eigenvalue weighted by molar-refractivity contribution is -0.384. The minimum Gasteiger partial charge on any atom is -0.320 e. The summed E-state index contributed by atoms with van der Waals surface area (Å²) < 4.78 is 11.2. The highest BCUT2D eigenvalue weighted by molar-refractivity contribution is 9.10. The second kappa shape index (κ2) is 10.9. The van der Waals surface area contributed by atoms with Gasteiger partial charge in [-0.25, -0.2) is 4.74 Å². The van der Waals surface area contributed by atoms with E-state index < -0.39 is 7.21 Å². The van der Waals surface area contributed by atoms with Gasteiger partial charge in [-0.3, -0.25) is 14.8 Å². The van der Waals surface area contributed by atoms with E-state index in [0.29, 0.717) is 4.47 Å². The summed E-state index contributed by atoms with van der Waals surface area (Å²) >= 11 is 3.62. The van der Waals surface area contributed by atoms with E-state index in [1.807, 2.05) is 6.07 Å². The van der Waals surface area contributed by atoms with Gasteiger partial charge in [0.25, 0.3) is 5.69 Å². The van der Waals surface area contributed by atoms with Gasteiger partial charge < -0.3 is 9.47 Å². The summed E-state index contributed by atoms with van der Waals surface area (Å²) in [6, 6.07) is 15.4. The Morgan fingerprint density at radius 3 is 2.24 bits per heavy atom. The third-order valence-corrected chi connectivity index (χ3v) is 12.8. The molecule has 37 heavy (non-hydrogen) atoms. The van der Waals surface area contributed by atoms with E-state index in [2.05, 4.69) is 102 Å². The Labute approximate surface area is 228 Å². The number of aromatic nitrogens is 1. The van der Waals surface area contributed by atoms with Gasteiger partial charge in [0.15, 0.2) is 0 Å². The van der Waals surface area contributed by atoms with Crippen molar-refractivity contribution in [2.45, 2.75) is 46.7 Å². The van der Waals surface area contributed by atoms with Gasteiger partial charge in [-0.2, -0.15) is 0 Å². The van der Waals surface area contributed by atoms with Gasteiger partial charge in [0.2, 0.25) is 0 Å². The maximum atomic E-state index is 11.4. The number of aryl methyl sites for hydroxylation is 1. The molecule has 0 saturated carbocycles. The lowest BCUT2D eigenvalue weighted by Gasteiger charge is -2.49. The number of nitro groups is 1. The summed E-state index contributed by atoms with van der Waals surface area (Å²) in [5, 5.41) is 12.5. The van der Waals surface area contributed by atoms with Crippen molar-refractivity contribution in [2.24, 2.45) is 4.74 Å². The molecular weight excluding hydrogens is 549 g/mol. The Hall–Kier alpha value is -2.25. The molecule has 0 amide bonds. The molecule has 1 saturated heterocycles. The summed E-state index contributed by atoms with van der Waals surface area (Å²) in [5.41, 5.74) is 4.38. The first-order valence-electron chi connectivity index (χ1n) is 12.8. The van der Waals surface area contributed by atoms with Crippen LogP contribution in [0.4, 0.5) is 11.4 Å². The second-order valence-electron chi connectivity index (χ2n) is 10.6. The van der Waals surface area contributed by atoms with E-state index in [-0.39, 0.29) is 15.8 Å². The number of nitro benzene ring substituents is 1. The highest BCUT2D eigenvalue weighted by Crippen LogP contribution is 2.65. The zero-order valence-electron chi connectivity index (χ0n) is 22.6. The van der Waals surface area contributed by atoms with Gasteiger partial charge in [-0.05, 0) is 60.1 Å². The van der Waals surface area contributed by atoms with Gasteiger partial charge in [0.1, 0.15) is 0 Å². The Bertz CT molecular complexity index is 1340. The number of hydrogen-bond acceptors (Lipinski definition) is 4. The van der Waals surface area contributed by atoms with Crippen LogP contribution in [0.15, 0.2) is 63.9 Å². The van der Waals surface area contributed by atoms with Crippen LogP contribution in [-0.2, 0) is 0 Å². The van der Waals surface area contributed by atoms with Crippen molar-refractivity contribution in [3.05, 3.63) is 80.6 Å². The van der Waals surface area contributed by atoms with Crippen LogP contribution in [0, 0.1) is 24.0 Å². The van der Waals surface area contributed by atoms with Gasteiger partial charge in [-0.1, -0.05) is 45.9 Å². The minimum absolute atomic E-state index is 0.0599. The Balaban J connectivity index is 2.03. The first-order valence-corrected chi connectivity index (χ1v) is 15.3. The normalized spacial score (nSPS) is 16.9. The first kappa shape index (κ1) is 27.8. The molecule has 2 heterocycles. The van der Waals surface area contributed by atoms with Gasteiger partial charge >= 0.3 is 0 Å². The highest BCUT2D eigenvalue weighted by atomic mass is 79.9. The second-order valence-corrected chi connectivity index (χ2v) is 15.2. The fraction of sp³-hybridized carbons (Fsp3) is 0.429. The number of non-ortho nitro benzene ring substituents is 1. The standard InChI is InChI=1S/C28H37BrN5O2P/c1-7-31-15-17-32(18-16-31)37(28(4,5)6,30-26-14-13-24(34(35)36)19-25(26)29)27-21(2)20-33(22(27)3)23-11-9-8-10-12-23/h8-14,19-20H,7,15-18H2,1-6H3/t37-/m0/s1. The summed E-state index contributed by atoms with van der Waals surface area (Å²) in [7, 11) is -2.40. The molecule has 0 radical (unpaired) electrons. The average Bonchev–Trinajstić information content (AvgIpc) is 3.17. The molecule has 1 fully saturated rings. The Morgan fingerprint density at radius 2 is 1.70 bits per heavy atom. The molecule has 0 N–H and O–H groups in total. The number of likely N-dealkylation sites (N-methyl/N-ethyl adjacent to an activating group) is 1. The van der Waals surface area contributed by atoms with Crippen LogP contribution < -0.4 is 5.30 Å². The maximum absolute atomic E-state index is 11.4. The molecule has 1 atom stereocenters. The molecule has 0 bridgehead atoms. The van der Waals surface area contributed by atoms with Crippen LogP contribution in [-0.4, -0.2) is 56.9 Å². The average molecular weight is 587 g/mol. The zero-order valence-corrected chi connectivity index (χ0v) is 25.1. The van der Waals surface area contributed by atoms with Crippen LogP contribution in [0.3, 0.4) is 0 Å². The van der Waals surface area contributed by atoms with Crippen molar-refractivity contribution < 1.29 is 4.92 Å². The number of halogens is 1. The summed E-state index contributed by atoms with van der Waals surface area (Å²) in [6.45, 7) is 18.4. The molecule has 1 aliphatic rings. The Morgan fingerprint density at radius 1 is 1.05 bits per heavy atom. The summed E-state index contributed by atoms with van der Waals surface area (Å²) in [4.78, 5) is 13.5. The number of para-hydroxylation sites is 1. The maximum Gasteiger partial charge on any atom is 0.270 e. The van der Waals surface area contributed by atoms with Gasteiger partial charge in [0, 0.05) is 70.8 Å². The molecule has 0 spiro atoms. The molecule has 1 aromatic heterocycles. The summed E-state index contributed by atoms with van der Waals surface area (Å²) in [5.74, 6) is 0. The fourth-order valence-electron chi connectivity index (χ4n) is 5.43. The fourth-order valence-corrected chi connectivity index (χ4v) is 10.7. The van der Waals surface area contributed by atoms with Crippen molar-refractivity contribution in [3.63, 3.8) is 0 Å².